The van der Waals surface area contributed by atoms with E-state index in [0.29, 0.717) is 11.6 Å². The van der Waals surface area contributed by atoms with E-state index in [1.807, 2.05) is 33.2 Å². The molecule has 3 aromatic rings. The number of aromatic nitrogens is 6. The molecule has 0 aliphatic carbocycles. The van der Waals surface area contributed by atoms with Crippen LogP contribution in [0.4, 0.5) is 17.3 Å². The Kier molecular flexibility index (Phi) is 6.17. The van der Waals surface area contributed by atoms with Crippen molar-refractivity contribution in [1.82, 2.24) is 34.6 Å². The minimum Gasteiger partial charge on any atom is -0.324 e. The molecule has 4 rings (SSSR count). The standard InChI is InChI=1S/C21H27N9O/c1-14-10-18(26-19-11-22-7-8-23-19)27-21(24-14)17-6-4-5-9-30(17)13-20(31)25-16-12-29(3)28-15(16)2/h7-8,10-12,17H,4-6,9,13H2,1-3H3,(H,25,31)(H,23,24,26,27). The summed E-state index contributed by atoms with van der Waals surface area (Å²) in [5.74, 6) is 1.95. The van der Waals surface area contributed by atoms with Crippen LogP contribution in [0, 0.1) is 13.8 Å². The fourth-order valence-electron chi connectivity index (χ4n) is 3.87. The molecule has 1 fully saturated rings. The van der Waals surface area contributed by atoms with Gasteiger partial charge in [0.25, 0.3) is 0 Å². The second-order valence-electron chi connectivity index (χ2n) is 7.80. The normalized spacial score (nSPS) is 16.8. The van der Waals surface area contributed by atoms with Crippen LogP contribution >= 0.6 is 0 Å². The molecule has 0 spiro atoms. The molecule has 1 atom stereocenters. The Labute approximate surface area is 181 Å². The van der Waals surface area contributed by atoms with Crippen molar-refractivity contribution in [3.8, 4) is 0 Å². The fourth-order valence-corrected chi connectivity index (χ4v) is 3.87. The Morgan fingerprint density at radius 2 is 2.06 bits per heavy atom. The van der Waals surface area contributed by atoms with Crippen molar-refractivity contribution >= 4 is 23.2 Å². The molecule has 0 bridgehead atoms. The molecule has 4 heterocycles. The Hall–Kier alpha value is -3.40. The number of anilines is 3. The number of nitrogens with one attached hydrogen (secondary N) is 2. The van der Waals surface area contributed by atoms with E-state index < -0.39 is 0 Å². The number of piperidine rings is 1. The van der Waals surface area contributed by atoms with E-state index in [1.54, 1.807) is 23.3 Å². The third-order valence-electron chi connectivity index (χ3n) is 5.24. The molecule has 1 unspecified atom stereocenters. The number of nitrogens with zero attached hydrogens (tertiary/aromatic N) is 7. The van der Waals surface area contributed by atoms with E-state index in [-0.39, 0.29) is 18.5 Å². The van der Waals surface area contributed by atoms with Crippen LogP contribution in [-0.2, 0) is 11.8 Å². The Morgan fingerprint density at radius 1 is 1.19 bits per heavy atom. The minimum atomic E-state index is -0.0615. The summed E-state index contributed by atoms with van der Waals surface area (Å²) in [7, 11) is 1.84. The van der Waals surface area contributed by atoms with E-state index >= 15 is 0 Å². The first kappa shape index (κ1) is 20.9. The summed E-state index contributed by atoms with van der Waals surface area (Å²) in [6.07, 6.45) is 9.75. The summed E-state index contributed by atoms with van der Waals surface area (Å²) in [4.78, 5) is 32.6. The second-order valence-corrected chi connectivity index (χ2v) is 7.80. The zero-order valence-electron chi connectivity index (χ0n) is 18.0. The minimum absolute atomic E-state index is 0.0168. The van der Waals surface area contributed by atoms with Crippen LogP contribution in [0.25, 0.3) is 0 Å². The molecule has 3 aromatic heterocycles. The third-order valence-corrected chi connectivity index (χ3v) is 5.24. The van der Waals surface area contributed by atoms with Gasteiger partial charge in [0.15, 0.2) is 0 Å². The maximum Gasteiger partial charge on any atom is 0.238 e. The van der Waals surface area contributed by atoms with Gasteiger partial charge in [-0.05, 0) is 33.2 Å². The van der Waals surface area contributed by atoms with Gasteiger partial charge in [0, 0.05) is 37.4 Å². The lowest BCUT2D eigenvalue weighted by molar-refractivity contribution is -0.118. The molecule has 10 heteroatoms. The van der Waals surface area contributed by atoms with Gasteiger partial charge in [0.1, 0.15) is 17.5 Å². The first-order valence-electron chi connectivity index (χ1n) is 10.4. The molecule has 162 valence electrons. The molecule has 0 aromatic carbocycles. The number of likely N-dealkylation sites (tertiary alicyclic amines) is 1. The van der Waals surface area contributed by atoms with Crippen LogP contribution in [0.3, 0.4) is 0 Å². The average Bonchev–Trinajstić information content (AvgIpc) is 3.05. The monoisotopic (exact) mass is 421 g/mol. The van der Waals surface area contributed by atoms with Crippen molar-refractivity contribution in [2.24, 2.45) is 7.05 Å². The quantitative estimate of drug-likeness (QED) is 0.624. The number of amides is 1. The number of rotatable bonds is 6. The van der Waals surface area contributed by atoms with Crippen molar-refractivity contribution in [3.05, 3.63) is 48.1 Å². The van der Waals surface area contributed by atoms with Crippen LogP contribution < -0.4 is 10.6 Å². The zero-order chi connectivity index (χ0) is 21.8. The van der Waals surface area contributed by atoms with Crippen LogP contribution in [-0.4, -0.2) is 53.6 Å². The Bertz CT molecular complexity index is 1050. The van der Waals surface area contributed by atoms with Gasteiger partial charge in [-0.15, -0.1) is 0 Å². The van der Waals surface area contributed by atoms with E-state index in [0.717, 1.165) is 48.7 Å². The summed E-state index contributed by atoms with van der Waals surface area (Å²) in [5, 5.41) is 10.4. The smallest absolute Gasteiger partial charge is 0.238 e. The summed E-state index contributed by atoms with van der Waals surface area (Å²) >= 11 is 0. The Morgan fingerprint density at radius 3 is 2.81 bits per heavy atom. The van der Waals surface area contributed by atoms with Crippen LogP contribution in [0.15, 0.2) is 30.9 Å². The highest BCUT2D eigenvalue weighted by atomic mass is 16.2. The van der Waals surface area contributed by atoms with E-state index in [4.69, 9.17) is 4.98 Å². The van der Waals surface area contributed by atoms with Gasteiger partial charge in [0.05, 0.1) is 30.2 Å². The van der Waals surface area contributed by atoms with E-state index in [9.17, 15) is 4.79 Å². The van der Waals surface area contributed by atoms with Crippen LogP contribution in [0.5, 0.6) is 0 Å². The lowest BCUT2D eigenvalue weighted by Gasteiger charge is -2.34. The summed E-state index contributed by atoms with van der Waals surface area (Å²) in [5.41, 5.74) is 2.40. The van der Waals surface area contributed by atoms with Crippen molar-refractivity contribution in [3.63, 3.8) is 0 Å². The predicted octanol–water partition coefficient (Wildman–Crippen LogP) is 2.53. The van der Waals surface area contributed by atoms with Crippen molar-refractivity contribution in [1.29, 1.82) is 0 Å². The summed E-state index contributed by atoms with van der Waals surface area (Å²) < 4.78 is 1.70. The number of hydrogen-bond acceptors (Lipinski definition) is 8. The number of aryl methyl sites for hydroxylation is 3. The van der Waals surface area contributed by atoms with Crippen LogP contribution in [0.1, 0.15) is 42.5 Å². The largest absolute Gasteiger partial charge is 0.324 e. The first-order chi connectivity index (χ1) is 15.0. The predicted molar refractivity (Wildman–Crippen MR) is 117 cm³/mol. The second kappa shape index (κ2) is 9.17. The van der Waals surface area contributed by atoms with Gasteiger partial charge in [0.2, 0.25) is 5.91 Å². The molecule has 31 heavy (non-hydrogen) atoms. The molecule has 1 aliphatic heterocycles. The first-order valence-corrected chi connectivity index (χ1v) is 10.4. The number of hydrogen-bond donors (Lipinski definition) is 2. The van der Waals surface area contributed by atoms with Gasteiger partial charge >= 0.3 is 0 Å². The SMILES string of the molecule is Cc1cc(Nc2cnccn2)nc(C2CCCCN2CC(=O)Nc2cn(C)nc2C)n1. The average molecular weight is 422 g/mol. The van der Waals surface area contributed by atoms with Gasteiger partial charge in [-0.3, -0.25) is 19.4 Å². The van der Waals surface area contributed by atoms with Gasteiger partial charge in [-0.25, -0.2) is 15.0 Å². The molecule has 2 N–H and O–H groups in total. The molecular formula is C21H27N9O. The maximum absolute atomic E-state index is 12.7. The summed E-state index contributed by atoms with van der Waals surface area (Å²) in [6, 6.07) is 1.86. The topological polar surface area (TPSA) is 114 Å². The number of carbonyl (C=O) groups is 1. The Balaban J connectivity index is 1.50. The van der Waals surface area contributed by atoms with Crippen molar-refractivity contribution < 1.29 is 4.79 Å². The molecule has 1 saturated heterocycles. The molecule has 1 amide bonds. The highest BCUT2D eigenvalue weighted by Crippen LogP contribution is 2.30. The van der Waals surface area contributed by atoms with Crippen LogP contribution in [0.2, 0.25) is 0 Å². The molecule has 1 aliphatic rings. The van der Waals surface area contributed by atoms with Gasteiger partial charge in [-0.1, -0.05) is 6.42 Å². The lowest BCUT2D eigenvalue weighted by Crippen LogP contribution is -2.40. The molecule has 10 nitrogen and oxygen atoms in total. The van der Waals surface area contributed by atoms with Crippen molar-refractivity contribution in [2.75, 3.05) is 23.7 Å². The van der Waals surface area contributed by atoms with Crippen molar-refractivity contribution in [2.45, 2.75) is 39.2 Å². The summed E-state index contributed by atoms with van der Waals surface area (Å²) in [6.45, 7) is 4.93. The molecule has 0 saturated carbocycles. The third kappa shape index (κ3) is 5.21. The fraction of sp³-hybridized carbons (Fsp3) is 0.429. The highest BCUT2D eigenvalue weighted by Gasteiger charge is 2.28. The lowest BCUT2D eigenvalue weighted by atomic mass is 10.0. The van der Waals surface area contributed by atoms with E-state index in [2.05, 4.69) is 35.6 Å². The maximum atomic E-state index is 12.7. The highest BCUT2D eigenvalue weighted by molar-refractivity contribution is 5.92. The molecule has 0 radical (unpaired) electrons. The van der Waals surface area contributed by atoms with Gasteiger partial charge in [-0.2, -0.15) is 5.10 Å². The zero-order valence-corrected chi connectivity index (χ0v) is 18.0. The van der Waals surface area contributed by atoms with E-state index in [1.165, 1.54) is 0 Å². The number of carbonyl (C=O) groups excluding carboxylic acids is 1. The van der Waals surface area contributed by atoms with Gasteiger partial charge < -0.3 is 10.6 Å². The molecular weight excluding hydrogens is 394 g/mol.